The Kier molecular flexibility index (Phi) is 3.61. The summed E-state index contributed by atoms with van der Waals surface area (Å²) in [6.45, 7) is 1.89. The van der Waals surface area contributed by atoms with Gasteiger partial charge in [-0.05, 0) is 19.1 Å². The second kappa shape index (κ2) is 4.53. The summed E-state index contributed by atoms with van der Waals surface area (Å²) in [6, 6.07) is 2.65. The largest absolute Gasteiger partial charge is 0.505 e. The molecule has 0 aliphatic heterocycles. The van der Waals surface area contributed by atoms with Gasteiger partial charge in [0.25, 0.3) is 0 Å². The number of ether oxygens (including phenoxy) is 1. The van der Waals surface area contributed by atoms with E-state index in [4.69, 9.17) is 27.9 Å². The van der Waals surface area contributed by atoms with Gasteiger partial charge in [0.05, 0.1) is 11.6 Å². The quantitative estimate of drug-likeness (QED) is 0.801. The molecule has 1 N–H and O–H groups in total. The van der Waals surface area contributed by atoms with Crippen LogP contribution in [0.4, 0.5) is 0 Å². The van der Waals surface area contributed by atoms with Gasteiger partial charge >= 0.3 is 5.97 Å². The molecule has 1 aromatic carbocycles. The Morgan fingerprint density at radius 3 is 2.71 bits per heavy atom. The molecule has 1 aromatic rings. The van der Waals surface area contributed by atoms with Crippen molar-refractivity contribution in [1.29, 1.82) is 0 Å². The molecule has 0 radical (unpaired) electrons. The van der Waals surface area contributed by atoms with E-state index < -0.39 is 5.97 Å². The van der Waals surface area contributed by atoms with Gasteiger partial charge in [-0.1, -0.05) is 23.2 Å². The first kappa shape index (κ1) is 11.1. The van der Waals surface area contributed by atoms with Gasteiger partial charge < -0.3 is 9.84 Å². The first-order chi connectivity index (χ1) is 6.56. The SMILES string of the molecule is CCOC(=O)c1cc(Cl)cc(Cl)c1O. The number of hydrogen-bond donors (Lipinski definition) is 1. The fourth-order valence-corrected chi connectivity index (χ4v) is 1.42. The summed E-state index contributed by atoms with van der Waals surface area (Å²) in [5.74, 6) is -0.955. The molecule has 0 heterocycles. The average molecular weight is 235 g/mol. The molecule has 76 valence electrons. The van der Waals surface area contributed by atoms with Crippen molar-refractivity contribution < 1.29 is 14.6 Å². The van der Waals surface area contributed by atoms with Gasteiger partial charge in [0.1, 0.15) is 11.3 Å². The lowest BCUT2D eigenvalue weighted by atomic mass is 10.2. The van der Waals surface area contributed by atoms with Crippen molar-refractivity contribution >= 4 is 29.2 Å². The predicted molar refractivity (Wildman–Crippen MR) is 54.1 cm³/mol. The van der Waals surface area contributed by atoms with Crippen molar-refractivity contribution in [3.8, 4) is 5.75 Å². The van der Waals surface area contributed by atoms with Crippen LogP contribution in [0.3, 0.4) is 0 Å². The molecule has 0 aromatic heterocycles. The molecule has 0 atom stereocenters. The van der Waals surface area contributed by atoms with Gasteiger partial charge in [0.2, 0.25) is 0 Å². The van der Waals surface area contributed by atoms with E-state index in [1.165, 1.54) is 12.1 Å². The second-order valence-electron chi connectivity index (χ2n) is 2.50. The van der Waals surface area contributed by atoms with Crippen molar-refractivity contribution in [1.82, 2.24) is 0 Å². The number of phenolic OH excluding ortho intramolecular Hbond substituents is 1. The molecule has 0 amide bonds. The molecular weight excluding hydrogens is 227 g/mol. The number of aromatic hydroxyl groups is 1. The fourth-order valence-electron chi connectivity index (χ4n) is 0.930. The summed E-state index contributed by atoms with van der Waals surface area (Å²) in [7, 11) is 0. The van der Waals surface area contributed by atoms with Crippen LogP contribution in [-0.4, -0.2) is 17.7 Å². The topological polar surface area (TPSA) is 46.5 Å². The van der Waals surface area contributed by atoms with E-state index in [9.17, 15) is 9.90 Å². The minimum atomic E-state index is -0.644. The van der Waals surface area contributed by atoms with Crippen LogP contribution in [0.1, 0.15) is 17.3 Å². The number of hydrogen-bond acceptors (Lipinski definition) is 3. The van der Waals surface area contributed by atoms with Gasteiger partial charge in [-0.25, -0.2) is 4.79 Å². The molecule has 1 rings (SSSR count). The molecule has 14 heavy (non-hydrogen) atoms. The van der Waals surface area contributed by atoms with Crippen molar-refractivity contribution in [2.45, 2.75) is 6.92 Å². The summed E-state index contributed by atoms with van der Waals surface area (Å²) in [5, 5.41) is 9.73. The van der Waals surface area contributed by atoms with E-state index in [1.807, 2.05) is 0 Å². The van der Waals surface area contributed by atoms with E-state index >= 15 is 0 Å². The zero-order valence-corrected chi connectivity index (χ0v) is 8.89. The zero-order valence-electron chi connectivity index (χ0n) is 7.38. The zero-order chi connectivity index (χ0) is 10.7. The Bertz CT molecular complexity index is 363. The first-order valence-corrected chi connectivity index (χ1v) is 4.67. The molecule has 0 aliphatic carbocycles. The van der Waals surface area contributed by atoms with Crippen LogP contribution in [0.2, 0.25) is 10.0 Å². The van der Waals surface area contributed by atoms with Crippen molar-refractivity contribution in [3.05, 3.63) is 27.7 Å². The Hall–Kier alpha value is -0.930. The highest BCUT2D eigenvalue weighted by molar-refractivity contribution is 6.36. The number of carbonyl (C=O) groups is 1. The Balaban J connectivity index is 3.13. The van der Waals surface area contributed by atoms with Crippen LogP contribution in [-0.2, 0) is 4.74 Å². The minimum absolute atomic E-state index is 0.0237. The lowest BCUT2D eigenvalue weighted by molar-refractivity contribution is 0.0523. The molecule has 0 fully saturated rings. The van der Waals surface area contributed by atoms with Crippen LogP contribution in [0.25, 0.3) is 0 Å². The summed E-state index contributed by atoms with van der Waals surface area (Å²) >= 11 is 11.3. The van der Waals surface area contributed by atoms with Gasteiger partial charge in [0.15, 0.2) is 0 Å². The van der Waals surface area contributed by atoms with Gasteiger partial charge in [-0.2, -0.15) is 0 Å². The number of phenols is 1. The molecule has 0 bridgehead atoms. The third kappa shape index (κ3) is 2.30. The molecule has 0 saturated heterocycles. The van der Waals surface area contributed by atoms with E-state index in [1.54, 1.807) is 6.92 Å². The van der Waals surface area contributed by atoms with Gasteiger partial charge in [0, 0.05) is 5.02 Å². The maximum absolute atomic E-state index is 11.3. The van der Waals surface area contributed by atoms with Crippen molar-refractivity contribution in [2.75, 3.05) is 6.61 Å². The number of benzene rings is 1. The van der Waals surface area contributed by atoms with Crippen LogP contribution >= 0.6 is 23.2 Å². The third-order valence-corrected chi connectivity index (χ3v) is 2.03. The molecule has 0 aliphatic rings. The first-order valence-electron chi connectivity index (χ1n) is 3.91. The maximum atomic E-state index is 11.3. The highest BCUT2D eigenvalue weighted by Gasteiger charge is 2.15. The molecule has 5 heteroatoms. The highest BCUT2D eigenvalue weighted by atomic mass is 35.5. The minimum Gasteiger partial charge on any atom is -0.505 e. The van der Waals surface area contributed by atoms with Gasteiger partial charge in [-0.3, -0.25) is 0 Å². The average Bonchev–Trinajstić information content (AvgIpc) is 2.11. The number of halogens is 2. The van der Waals surface area contributed by atoms with E-state index in [0.717, 1.165) is 0 Å². The standard InChI is InChI=1S/C9H8Cl2O3/c1-2-14-9(13)6-3-5(10)4-7(11)8(6)12/h3-4,12H,2H2,1H3. The fraction of sp³-hybridized carbons (Fsp3) is 0.222. The number of carbonyl (C=O) groups excluding carboxylic acids is 1. The van der Waals surface area contributed by atoms with Crippen molar-refractivity contribution in [3.63, 3.8) is 0 Å². The van der Waals surface area contributed by atoms with Crippen molar-refractivity contribution in [2.24, 2.45) is 0 Å². The molecule has 0 spiro atoms. The molecule has 3 nitrogen and oxygen atoms in total. The number of esters is 1. The molecular formula is C9H8Cl2O3. The normalized spacial score (nSPS) is 9.93. The lowest BCUT2D eigenvalue weighted by Crippen LogP contribution is -2.05. The summed E-state index contributed by atoms with van der Waals surface area (Å²) < 4.78 is 4.70. The molecule has 0 unspecified atom stereocenters. The highest BCUT2D eigenvalue weighted by Crippen LogP contribution is 2.31. The second-order valence-corrected chi connectivity index (χ2v) is 3.35. The van der Waals surface area contributed by atoms with E-state index in [-0.39, 0.29) is 28.0 Å². The summed E-state index contributed by atoms with van der Waals surface area (Å²) in [6.07, 6.45) is 0. The van der Waals surface area contributed by atoms with E-state index in [0.29, 0.717) is 0 Å². The maximum Gasteiger partial charge on any atom is 0.342 e. The van der Waals surface area contributed by atoms with E-state index in [2.05, 4.69) is 0 Å². The Morgan fingerprint density at radius 1 is 1.50 bits per heavy atom. The molecule has 0 saturated carbocycles. The van der Waals surface area contributed by atoms with Crippen LogP contribution in [0, 0.1) is 0 Å². The lowest BCUT2D eigenvalue weighted by Gasteiger charge is -2.05. The monoisotopic (exact) mass is 234 g/mol. The Morgan fingerprint density at radius 2 is 2.14 bits per heavy atom. The van der Waals surface area contributed by atoms with Crippen LogP contribution in [0.15, 0.2) is 12.1 Å². The van der Waals surface area contributed by atoms with Crippen LogP contribution < -0.4 is 0 Å². The predicted octanol–water partition coefficient (Wildman–Crippen LogP) is 2.88. The van der Waals surface area contributed by atoms with Gasteiger partial charge in [-0.15, -0.1) is 0 Å². The summed E-state index contributed by atoms with van der Waals surface area (Å²) in [4.78, 5) is 11.3. The smallest absolute Gasteiger partial charge is 0.342 e. The number of rotatable bonds is 2. The van der Waals surface area contributed by atoms with Crippen LogP contribution in [0.5, 0.6) is 5.75 Å². The Labute approximate surface area is 91.2 Å². The summed E-state index contributed by atoms with van der Waals surface area (Å²) in [5.41, 5.74) is -0.0237. The third-order valence-electron chi connectivity index (χ3n) is 1.52.